The number of hydrogen-bond donors (Lipinski definition) is 1. The smallest absolute Gasteiger partial charge is 0.342 e. The molecule has 1 aromatic rings. The van der Waals surface area contributed by atoms with E-state index in [0.29, 0.717) is 29.2 Å². The molecule has 0 aliphatic carbocycles. The van der Waals surface area contributed by atoms with Crippen LogP contribution in [0.2, 0.25) is 0 Å². The molecule has 2 rings (SSSR count). The van der Waals surface area contributed by atoms with Crippen molar-refractivity contribution in [2.24, 2.45) is 0 Å². The Balaban J connectivity index is 2.50. The number of esters is 1. The zero-order valence-corrected chi connectivity index (χ0v) is 13.2. The van der Waals surface area contributed by atoms with Gasteiger partial charge in [0.05, 0.1) is 7.11 Å². The molecule has 1 aromatic carbocycles. The van der Waals surface area contributed by atoms with Crippen LogP contribution in [0.4, 0.5) is 0 Å². The maximum absolute atomic E-state index is 11.8. The summed E-state index contributed by atoms with van der Waals surface area (Å²) in [5, 5.41) is 10.4. The van der Waals surface area contributed by atoms with E-state index in [1.807, 2.05) is 19.9 Å². The van der Waals surface area contributed by atoms with Crippen molar-refractivity contribution in [2.75, 3.05) is 13.0 Å². The standard InChI is InChI=1S/C16H19ClO4/c1-9(6-7-17)4-5-11-14(18)13-12(8-21-16(13)19)10(2)15(11)20-3/h4,18H,5-8H2,1-3H3/b9-4+. The molecule has 0 unspecified atom stereocenters. The van der Waals surface area contributed by atoms with Crippen molar-refractivity contribution in [3.05, 3.63) is 33.9 Å². The van der Waals surface area contributed by atoms with Gasteiger partial charge in [-0.15, -0.1) is 11.6 Å². The van der Waals surface area contributed by atoms with E-state index in [1.165, 1.54) is 0 Å². The van der Waals surface area contributed by atoms with Crippen LogP contribution in [0.5, 0.6) is 11.5 Å². The van der Waals surface area contributed by atoms with Crippen LogP contribution in [0.15, 0.2) is 11.6 Å². The number of halogens is 1. The first-order valence-corrected chi connectivity index (χ1v) is 7.34. The molecule has 0 saturated heterocycles. The third-order valence-corrected chi connectivity index (χ3v) is 3.98. The Morgan fingerprint density at radius 2 is 2.24 bits per heavy atom. The predicted octanol–water partition coefficient (Wildman–Crippen LogP) is 3.50. The fourth-order valence-corrected chi connectivity index (χ4v) is 2.85. The second-order valence-corrected chi connectivity index (χ2v) is 5.49. The average Bonchev–Trinajstić information content (AvgIpc) is 2.84. The first kappa shape index (κ1) is 15.7. The lowest BCUT2D eigenvalue weighted by Crippen LogP contribution is -2.03. The summed E-state index contributed by atoms with van der Waals surface area (Å²) in [5.41, 5.74) is 3.56. The summed E-state index contributed by atoms with van der Waals surface area (Å²) in [6, 6.07) is 0. The molecule has 0 atom stereocenters. The number of carbonyl (C=O) groups excluding carboxylic acids is 1. The lowest BCUT2D eigenvalue weighted by molar-refractivity contribution is 0.0533. The molecule has 0 saturated carbocycles. The SMILES string of the molecule is COc1c(C)c2c(c(O)c1C/C=C(\C)CCCl)C(=O)OC2. The van der Waals surface area contributed by atoms with E-state index < -0.39 is 5.97 Å². The predicted molar refractivity (Wildman–Crippen MR) is 81.3 cm³/mol. The number of rotatable bonds is 5. The Labute approximate surface area is 129 Å². The number of ether oxygens (including phenoxy) is 2. The van der Waals surface area contributed by atoms with E-state index >= 15 is 0 Å². The van der Waals surface area contributed by atoms with Crippen molar-refractivity contribution in [2.45, 2.75) is 33.3 Å². The summed E-state index contributed by atoms with van der Waals surface area (Å²) in [7, 11) is 1.56. The summed E-state index contributed by atoms with van der Waals surface area (Å²) in [6.45, 7) is 4.05. The minimum Gasteiger partial charge on any atom is -0.507 e. The van der Waals surface area contributed by atoms with Crippen LogP contribution in [0.1, 0.15) is 40.4 Å². The second-order valence-electron chi connectivity index (χ2n) is 5.11. The van der Waals surface area contributed by atoms with Gasteiger partial charge in [0.25, 0.3) is 0 Å². The zero-order chi connectivity index (χ0) is 15.6. The molecule has 0 aromatic heterocycles. The fraction of sp³-hybridized carbons (Fsp3) is 0.438. The highest BCUT2D eigenvalue weighted by molar-refractivity contribution is 6.18. The minimum absolute atomic E-state index is 0.0372. The Kier molecular flexibility index (Phi) is 4.78. The van der Waals surface area contributed by atoms with Crippen molar-refractivity contribution in [3.8, 4) is 11.5 Å². The number of carbonyl (C=O) groups is 1. The summed E-state index contributed by atoms with van der Waals surface area (Å²) >= 11 is 5.71. The van der Waals surface area contributed by atoms with Gasteiger partial charge in [0, 0.05) is 17.0 Å². The number of fused-ring (bicyclic) bond motifs is 1. The van der Waals surface area contributed by atoms with E-state index in [2.05, 4.69) is 0 Å². The molecule has 0 bridgehead atoms. The number of cyclic esters (lactones) is 1. The monoisotopic (exact) mass is 310 g/mol. The molecule has 21 heavy (non-hydrogen) atoms. The van der Waals surface area contributed by atoms with E-state index in [0.717, 1.165) is 17.6 Å². The third kappa shape index (κ3) is 2.86. The highest BCUT2D eigenvalue weighted by Crippen LogP contribution is 2.41. The maximum atomic E-state index is 11.8. The molecule has 1 aliphatic rings. The quantitative estimate of drug-likeness (QED) is 0.514. The van der Waals surface area contributed by atoms with Crippen molar-refractivity contribution < 1.29 is 19.4 Å². The molecule has 5 heteroatoms. The summed E-state index contributed by atoms with van der Waals surface area (Å²) in [4.78, 5) is 11.8. The molecule has 1 N–H and O–H groups in total. The highest BCUT2D eigenvalue weighted by Gasteiger charge is 2.31. The van der Waals surface area contributed by atoms with Gasteiger partial charge in [-0.25, -0.2) is 4.79 Å². The van der Waals surface area contributed by atoms with Crippen LogP contribution in [-0.4, -0.2) is 24.1 Å². The van der Waals surface area contributed by atoms with Gasteiger partial charge in [-0.3, -0.25) is 0 Å². The molecule has 0 spiro atoms. The van der Waals surface area contributed by atoms with E-state index in [-0.39, 0.29) is 17.9 Å². The van der Waals surface area contributed by atoms with Gasteiger partial charge >= 0.3 is 5.97 Å². The van der Waals surface area contributed by atoms with Gasteiger partial charge in [0.15, 0.2) is 0 Å². The summed E-state index contributed by atoms with van der Waals surface area (Å²) in [5.74, 6) is 0.654. The van der Waals surface area contributed by atoms with Gasteiger partial charge in [-0.05, 0) is 32.3 Å². The number of allylic oxidation sites excluding steroid dienone is 2. The molecule has 4 nitrogen and oxygen atoms in total. The first-order chi connectivity index (χ1) is 10.0. The molecular formula is C16H19ClO4. The Hall–Kier alpha value is -1.68. The van der Waals surface area contributed by atoms with Gasteiger partial charge in [-0.1, -0.05) is 11.6 Å². The number of phenolic OH excluding ortho intramolecular Hbond substituents is 1. The summed E-state index contributed by atoms with van der Waals surface area (Å²) in [6.07, 6.45) is 3.27. The number of benzene rings is 1. The van der Waals surface area contributed by atoms with Gasteiger partial charge in [-0.2, -0.15) is 0 Å². The van der Waals surface area contributed by atoms with Crippen LogP contribution in [0.3, 0.4) is 0 Å². The molecule has 1 heterocycles. The van der Waals surface area contributed by atoms with E-state index in [9.17, 15) is 9.90 Å². The highest BCUT2D eigenvalue weighted by atomic mass is 35.5. The minimum atomic E-state index is -0.476. The molecule has 0 fully saturated rings. The van der Waals surface area contributed by atoms with Crippen LogP contribution in [0, 0.1) is 6.92 Å². The Morgan fingerprint density at radius 1 is 1.52 bits per heavy atom. The van der Waals surface area contributed by atoms with Crippen molar-refractivity contribution in [1.82, 2.24) is 0 Å². The molecular weight excluding hydrogens is 292 g/mol. The topological polar surface area (TPSA) is 55.8 Å². The van der Waals surface area contributed by atoms with E-state index in [4.69, 9.17) is 21.1 Å². The van der Waals surface area contributed by atoms with Gasteiger partial charge in [0.2, 0.25) is 0 Å². The van der Waals surface area contributed by atoms with Gasteiger partial charge in [0.1, 0.15) is 23.7 Å². The largest absolute Gasteiger partial charge is 0.507 e. The second kappa shape index (κ2) is 6.39. The number of hydrogen-bond acceptors (Lipinski definition) is 4. The lowest BCUT2D eigenvalue weighted by Gasteiger charge is -2.15. The molecule has 0 amide bonds. The van der Waals surface area contributed by atoms with Crippen LogP contribution in [-0.2, 0) is 17.8 Å². The Bertz CT molecular complexity index is 605. The third-order valence-electron chi connectivity index (χ3n) is 3.79. The number of phenols is 1. The van der Waals surface area contributed by atoms with Crippen molar-refractivity contribution in [1.29, 1.82) is 0 Å². The normalized spacial score (nSPS) is 14.1. The first-order valence-electron chi connectivity index (χ1n) is 6.81. The van der Waals surface area contributed by atoms with Gasteiger partial charge < -0.3 is 14.6 Å². The molecule has 1 aliphatic heterocycles. The lowest BCUT2D eigenvalue weighted by atomic mass is 9.95. The van der Waals surface area contributed by atoms with Crippen molar-refractivity contribution >= 4 is 17.6 Å². The Morgan fingerprint density at radius 3 is 2.86 bits per heavy atom. The van der Waals surface area contributed by atoms with Crippen LogP contribution in [0.25, 0.3) is 0 Å². The summed E-state index contributed by atoms with van der Waals surface area (Å²) < 4.78 is 10.4. The van der Waals surface area contributed by atoms with Crippen LogP contribution < -0.4 is 4.74 Å². The average molecular weight is 311 g/mol. The van der Waals surface area contributed by atoms with E-state index in [1.54, 1.807) is 7.11 Å². The van der Waals surface area contributed by atoms with Crippen LogP contribution >= 0.6 is 11.6 Å². The number of aromatic hydroxyl groups is 1. The van der Waals surface area contributed by atoms with Crippen molar-refractivity contribution in [3.63, 3.8) is 0 Å². The maximum Gasteiger partial charge on any atom is 0.342 e. The fourth-order valence-electron chi connectivity index (χ4n) is 2.56. The number of alkyl halides is 1. The number of methoxy groups -OCH3 is 1. The molecule has 114 valence electrons. The zero-order valence-electron chi connectivity index (χ0n) is 12.5. The molecule has 0 radical (unpaired) electrons.